The molecular weight excluding hydrogens is 232 g/mol. The van der Waals surface area contributed by atoms with Crippen molar-refractivity contribution in [3.63, 3.8) is 0 Å². The van der Waals surface area contributed by atoms with E-state index < -0.39 is 8.07 Å². The molecule has 16 heavy (non-hydrogen) atoms. The van der Waals surface area contributed by atoms with Crippen LogP contribution in [-0.2, 0) is 5.41 Å². The number of rotatable bonds is 5. The van der Waals surface area contributed by atoms with Crippen LogP contribution in [0.4, 0.5) is 0 Å². The van der Waals surface area contributed by atoms with Gasteiger partial charge in [0, 0.05) is 19.4 Å². The fourth-order valence-corrected chi connectivity index (χ4v) is 5.66. The van der Waals surface area contributed by atoms with Crippen LogP contribution in [0.25, 0.3) is 0 Å². The lowest BCUT2D eigenvalue weighted by Crippen LogP contribution is -2.37. The van der Waals surface area contributed by atoms with Gasteiger partial charge in [0.05, 0.1) is 0 Å². The zero-order valence-electron chi connectivity index (χ0n) is 10.9. The third-order valence-corrected chi connectivity index (χ3v) is 5.44. The summed E-state index contributed by atoms with van der Waals surface area (Å²) in [6, 6.07) is 12.0. The molecule has 0 heterocycles. The second-order valence-electron chi connectivity index (χ2n) is 5.87. The SMILES string of the molecule is CCC(CCl)(C[Si](C)(C)C)c1ccccc1. The fraction of sp³-hybridized carbons (Fsp3) is 0.571. The molecule has 1 atom stereocenters. The van der Waals surface area contributed by atoms with Gasteiger partial charge in [0.1, 0.15) is 0 Å². The van der Waals surface area contributed by atoms with Crippen molar-refractivity contribution >= 4 is 19.7 Å². The summed E-state index contributed by atoms with van der Waals surface area (Å²) >= 11 is 6.29. The van der Waals surface area contributed by atoms with Crippen molar-refractivity contribution in [1.82, 2.24) is 0 Å². The van der Waals surface area contributed by atoms with E-state index in [1.807, 2.05) is 0 Å². The summed E-state index contributed by atoms with van der Waals surface area (Å²) in [6.07, 6.45) is 1.13. The van der Waals surface area contributed by atoms with Crippen LogP contribution in [0.15, 0.2) is 30.3 Å². The largest absolute Gasteiger partial charge is 0.126 e. The van der Waals surface area contributed by atoms with E-state index in [9.17, 15) is 0 Å². The van der Waals surface area contributed by atoms with Crippen molar-refractivity contribution in [2.24, 2.45) is 0 Å². The van der Waals surface area contributed by atoms with Crippen LogP contribution in [-0.4, -0.2) is 14.0 Å². The number of hydrogen-bond acceptors (Lipinski definition) is 0. The van der Waals surface area contributed by atoms with E-state index in [1.165, 1.54) is 11.6 Å². The van der Waals surface area contributed by atoms with Gasteiger partial charge in [-0.3, -0.25) is 0 Å². The van der Waals surface area contributed by atoms with E-state index in [0.29, 0.717) is 0 Å². The van der Waals surface area contributed by atoms with E-state index in [2.05, 4.69) is 56.9 Å². The zero-order chi connectivity index (χ0) is 12.2. The van der Waals surface area contributed by atoms with Gasteiger partial charge in [-0.15, -0.1) is 11.6 Å². The molecule has 0 aliphatic heterocycles. The Labute approximate surface area is 106 Å². The minimum atomic E-state index is -1.10. The molecule has 90 valence electrons. The molecule has 0 saturated carbocycles. The Morgan fingerprint density at radius 1 is 1.12 bits per heavy atom. The Morgan fingerprint density at radius 3 is 2.06 bits per heavy atom. The van der Waals surface area contributed by atoms with Crippen molar-refractivity contribution in [1.29, 1.82) is 0 Å². The van der Waals surface area contributed by atoms with Crippen LogP contribution >= 0.6 is 11.6 Å². The Morgan fingerprint density at radius 2 is 1.69 bits per heavy atom. The molecule has 1 rings (SSSR count). The Balaban J connectivity index is 3.06. The lowest BCUT2D eigenvalue weighted by Gasteiger charge is -2.36. The molecule has 0 saturated heterocycles. The summed E-state index contributed by atoms with van der Waals surface area (Å²) < 4.78 is 0. The molecule has 2 heteroatoms. The molecule has 0 aromatic heterocycles. The van der Waals surface area contributed by atoms with Crippen molar-refractivity contribution in [3.8, 4) is 0 Å². The topological polar surface area (TPSA) is 0 Å². The first-order chi connectivity index (χ1) is 7.43. The highest BCUT2D eigenvalue weighted by molar-refractivity contribution is 6.76. The van der Waals surface area contributed by atoms with Crippen molar-refractivity contribution < 1.29 is 0 Å². The quantitative estimate of drug-likeness (QED) is 0.517. The van der Waals surface area contributed by atoms with Gasteiger partial charge in [0.15, 0.2) is 0 Å². The van der Waals surface area contributed by atoms with Gasteiger partial charge in [-0.2, -0.15) is 0 Å². The average molecular weight is 255 g/mol. The molecule has 0 fully saturated rings. The van der Waals surface area contributed by atoms with Gasteiger partial charge in [-0.25, -0.2) is 0 Å². The molecule has 1 unspecified atom stereocenters. The predicted octanol–water partition coefficient (Wildman–Crippen LogP) is 4.91. The van der Waals surface area contributed by atoms with Gasteiger partial charge < -0.3 is 0 Å². The first-order valence-corrected chi connectivity index (χ1v) is 10.3. The van der Waals surface area contributed by atoms with Crippen molar-refractivity contribution in [2.75, 3.05) is 5.88 Å². The van der Waals surface area contributed by atoms with E-state index in [4.69, 9.17) is 11.6 Å². The molecule has 0 aliphatic rings. The molecule has 0 nitrogen and oxygen atoms in total. The Kier molecular flexibility index (Phi) is 4.63. The molecule has 0 radical (unpaired) electrons. The fourth-order valence-electron chi connectivity index (χ4n) is 2.46. The predicted molar refractivity (Wildman–Crippen MR) is 77.3 cm³/mol. The second-order valence-corrected chi connectivity index (χ2v) is 11.6. The van der Waals surface area contributed by atoms with Gasteiger partial charge in [0.2, 0.25) is 0 Å². The average Bonchev–Trinajstić information content (AvgIpc) is 2.26. The zero-order valence-corrected chi connectivity index (χ0v) is 12.6. The van der Waals surface area contributed by atoms with Crippen molar-refractivity contribution in [2.45, 2.75) is 44.4 Å². The van der Waals surface area contributed by atoms with E-state index in [0.717, 1.165) is 12.3 Å². The van der Waals surface area contributed by atoms with E-state index >= 15 is 0 Å². The number of alkyl halides is 1. The van der Waals surface area contributed by atoms with Crippen molar-refractivity contribution in [3.05, 3.63) is 35.9 Å². The smallest absolute Gasteiger partial charge is 0.0451 e. The maximum absolute atomic E-state index is 6.29. The standard InChI is InChI=1S/C14H23ClSi/c1-5-14(11-15,12-16(2,3)4)13-9-7-6-8-10-13/h6-10H,5,11-12H2,1-4H3. The van der Waals surface area contributed by atoms with E-state index in [1.54, 1.807) is 0 Å². The monoisotopic (exact) mass is 254 g/mol. The van der Waals surface area contributed by atoms with Crippen LogP contribution in [0, 0.1) is 0 Å². The number of benzene rings is 1. The highest BCUT2D eigenvalue weighted by Gasteiger charge is 2.34. The molecule has 0 amide bonds. The summed E-state index contributed by atoms with van der Waals surface area (Å²) in [5, 5.41) is 0. The minimum Gasteiger partial charge on any atom is -0.126 e. The van der Waals surface area contributed by atoms with Gasteiger partial charge in [-0.05, 0) is 18.0 Å². The summed E-state index contributed by atoms with van der Waals surface area (Å²) in [4.78, 5) is 0. The minimum absolute atomic E-state index is 0.188. The number of halogens is 1. The van der Waals surface area contributed by atoms with E-state index in [-0.39, 0.29) is 5.41 Å². The third kappa shape index (κ3) is 3.36. The first-order valence-electron chi connectivity index (χ1n) is 6.05. The highest BCUT2D eigenvalue weighted by atomic mass is 35.5. The molecule has 1 aromatic carbocycles. The maximum atomic E-state index is 6.29. The first kappa shape index (κ1) is 13.8. The molecule has 0 N–H and O–H groups in total. The summed E-state index contributed by atoms with van der Waals surface area (Å²) in [5.41, 5.74) is 1.60. The third-order valence-electron chi connectivity index (χ3n) is 3.19. The molecule has 0 bridgehead atoms. The lowest BCUT2D eigenvalue weighted by molar-refractivity contribution is 0.505. The van der Waals surface area contributed by atoms with Gasteiger partial charge >= 0.3 is 0 Å². The molecule has 0 aliphatic carbocycles. The van der Waals surface area contributed by atoms with Crippen LogP contribution in [0.3, 0.4) is 0 Å². The van der Waals surface area contributed by atoms with Crippen LogP contribution < -0.4 is 0 Å². The van der Waals surface area contributed by atoms with Gasteiger partial charge in [-0.1, -0.05) is 56.9 Å². The summed E-state index contributed by atoms with van der Waals surface area (Å²) in [6.45, 7) is 9.53. The van der Waals surface area contributed by atoms with Crippen LogP contribution in [0.5, 0.6) is 0 Å². The number of hydrogen-bond donors (Lipinski definition) is 0. The molecule has 1 aromatic rings. The van der Waals surface area contributed by atoms with Crippen LogP contribution in [0.2, 0.25) is 25.7 Å². The normalized spacial score (nSPS) is 15.8. The highest BCUT2D eigenvalue weighted by Crippen LogP contribution is 2.37. The summed E-state index contributed by atoms with van der Waals surface area (Å²) in [5.74, 6) is 0.734. The Bertz CT molecular complexity index is 309. The molecule has 0 spiro atoms. The maximum Gasteiger partial charge on any atom is 0.0451 e. The van der Waals surface area contributed by atoms with Gasteiger partial charge in [0.25, 0.3) is 0 Å². The second kappa shape index (κ2) is 5.37. The summed E-state index contributed by atoms with van der Waals surface area (Å²) in [7, 11) is -1.10. The van der Waals surface area contributed by atoms with Crippen LogP contribution in [0.1, 0.15) is 18.9 Å². The Hall–Kier alpha value is -0.273. The lowest BCUT2D eigenvalue weighted by atomic mass is 9.82. The molecular formula is C14H23ClSi.